The SMILES string of the molecule is CCOC(=O)N1CCC(NC(=O)c2sc(=O)[nH]c2C)CC1. The van der Waals surface area contributed by atoms with Gasteiger partial charge in [-0.2, -0.15) is 0 Å². The quantitative estimate of drug-likeness (QED) is 0.874. The fraction of sp³-hybridized carbons (Fsp3) is 0.615. The minimum Gasteiger partial charge on any atom is -0.450 e. The molecular weight excluding hydrogens is 294 g/mol. The van der Waals surface area contributed by atoms with E-state index >= 15 is 0 Å². The van der Waals surface area contributed by atoms with Gasteiger partial charge >= 0.3 is 11.0 Å². The van der Waals surface area contributed by atoms with E-state index in [-0.39, 0.29) is 22.9 Å². The summed E-state index contributed by atoms with van der Waals surface area (Å²) in [7, 11) is 0. The molecule has 2 rings (SSSR count). The van der Waals surface area contributed by atoms with Gasteiger partial charge in [-0.1, -0.05) is 11.3 Å². The number of carbonyl (C=O) groups excluding carboxylic acids is 2. The van der Waals surface area contributed by atoms with E-state index in [0.717, 1.165) is 11.3 Å². The maximum Gasteiger partial charge on any atom is 0.409 e. The monoisotopic (exact) mass is 313 g/mol. The number of piperidine rings is 1. The second-order valence-electron chi connectivity index (χ2n) is 4.90. The summed E-state index contributed by atoms with van der Waals surface area (Å²) in [5.74, 6) is -0.231. The molecule has 0 spiro atoms. The maximum absolute atomic E-state index is 12.1. The van der Waals surface area contributed by atoms with Crippen molar-refractivity contribution in [1.82, 2.24) is 15.2 Å². The highest BCUT2D eigenvalue weighted by Crippen LogP contribution is 2.14. The van der Waals surface area contributed by atoms with Crippen molar-refractivity contribution in [3.63, 3.8) is 0 Å². The number of carbonyl (C=O) groups is 2. The predicted octanol–water partition coefficient (Wildman–Crippen LogP) is 1.10. The second-order valence-corrected chi connectivity index (χ2v) is 5.89. The number of H-pyrrole nitrogens is 1. The molecule has 8 heteroatoms. The van der Waals surface area contributed by atoms with Crippen molar-refractivity contribution in [1.29, 1.82) is 0 Å². The second kappa shape index (κ2) is 6.75. The lowest BCUT2D eigenvalue weighted by atomic mass is 10.1. The lowest BCUT2D eigenvalue weighted by molar-refractivity contribution is 0.0862. The van der Waals surface area contributed by atoms with Crippen LogP contribution in [0.4, 0.5) is 4.79 Å². The van der Waals surface area contributed by atoms with Crippen molar-refractivity contribution < 1.29 is 14.3 Å². The zero-order chi connectivity index (χ0) is 15.4. The Balaban J connectivity index is 1.86. The minimum absolute atomic E-state index is 0.0137. The van der Waals surface area contributed by atoms with Crippen molar-refractivity contribution in [3.8, 4) is 0 Å². The number of hydrogen-bond acceptors (Lipinski definition) is 5. The van der Waals surface area contributed by atoms with Crippen LogP contribution in [0.25, 0.3) is 0 Å². The highest BCUT2D eigenvalue weighted by molar-refractivity contribution is 7.11. The number of aryl methyl sites for hydroxylation is 1. The summed E-state index contributed by atoms with van der Waals surface area (Å²) in [6.07, 6.45) is 1.06. The van der Waals surface area contributed by atoms with Crippen LogP contribution < -0.4 is 10.2 Å². The number of nitrogens with one attached hydrogen (secondary N) is 2. The summed E-state index contributed by atoms with van der Waals surface area (Å²) in [6.45, 7) is 4.96. The summed E-state index contributed by atoms with van der Waals surface area (Å²) in [5, 5.41) is 2.91. The first-order chi connectivity index (χ1) is 10.0. The van der Waals surface area contributed by atoms with Crippen LogP contribution in [-0.2, 0) is 4.74 Å². The van der Waals surface area contributed by atoms with Crippen LogP contribution >= 0.6 is 11.3 Å². The first-order valence-corrected chi connectivity index (χ1v) is 7.75. The summed E-state index contributed by atoms with van der Waals surface area (Å²) >= 11 is 0.915. The molecule has 2 heterocycles. The van der Waals surface area contributed by atoms with Crippen LogP contribution in [0.1, 0.15) is 35.1 Å². The van der Waals surface area contributed by atoms with Crippen molar-refractivity contribution in [2.45, 2.75) is 32.7 Å². The fourth-order valence-corrected chi connectivity index (χ4v) is 3.04. The zero-order valence-corrected chi connectivity index (χ0v) is 12.9. The zero-order valence-electron chi connectivity index (χ0n) is 12.1. The number of thiazole rings is 1. The van der Waals surface area contributed by atoms with Crippen LogP contribution in [0.5, 0.6) is 0 Å². The van der Waals surface area contributed by atoms with Gasteiger partial charge in [-0.15, -0.1) is 0 Å². The van der Waals surface area contributed by atoms with Crippen molar-refractivity contribution in [3.05, 3.63) is 20.2 Å². The molecule has 1 aromatic heterocycles. The summed E-state index contributed by atoms with van der Waals surface area (Å²) in [5.41, 5.74) is 0.589. The van der Waals surface area contributed by atoms with Gasteiger partial charge in [-0.05, 0) is 26.7 Å². The summed E-state index contributed by atoms with van der Waals surface area (Å²) in [4.78, 5) is 39.3. The number of hydrogen-bond donors (Lipinski definition) is 2. The van der Waals surface area contributed by atoms with Gasteiger partial charge in [0.05, 0.1) is 6.61 Å². The lowest BCUT2D eigenvalue weighted by Crippen LogP contribution is -2.46. The number of amides is 2. The highest BCUT2D eigenvalue weighted by atomic mass is 32.1. The molecule has 116 valence electrons. The fourth-order valence-electron chi connectivity index (χ4n) is 2.29. The maximum atomic E-state index is 12.1. The van der Waals surface area contributed by atoms with E-state index in [0.29, 0.717) is 43.1 Å². The molecule has 1 aliphatic rings. The lowest BCUT2D eigenvalue weighted by Gasteiger charge is -2.31. The van der Waals surface area contributed by atoms with E-state index in [1.807, 2.05) is 0 Å². The predicted molar refractivity (Wildman–Crippen MR) is 78.8 cm³/mol. The molecule has 0 atom stereocenters. The molecule has 21 heavy (non-hydrogen) atoms. The summed E-state index contributed by atoms with van der Waals surface area (Å²) < 4.78 is 4.95. The first-order valence-electron chi connectivity index (χ1n) is 6.93. The molecule has 0 bridgehead atoms. The topological polar surface area (TPSA) is 91.5 Å². The number of rotatable bonds is 3. The van der Waals surface area contributed by atoms with E-state index in [2.05, 4.69) is 10.3 Å². The third-order valence-electron chi connectivity index (χ3n) is 3.39. The average molecular weight is 313 g/mol. The number of aromatic nitrogens is 1. The standard InChI is InChI=1S/C13H19N3O4S/c1-3-20-13(19)16-6-4-9(5-7-16)15-11(17)10-8(2)14-12(18)21-10/h9H,3-7H2,1-2H3,(H,14,18)(H,15,17). The van der Waals surface area contributed by atoms with E-state index < -0.39 is 0 Å². The van der Waals surface area contributed by atoms with Crippen LogP contribution in [0, 0.1) is 6.92 Å². The van der Waals surface area contributed by atoms with Gasteiger partial charge in [-0.25, -0.2) is 4.79 Å². The van der Waals surface area contributed by atoms with Crippen molar-refractivity contribution in [2.24, 2.45) is 0 Å². The molecule has 1 fully saturated rings. The van der Waals surface area contributed by atoms with Crippen LogP contribution in [0.15, 0.2) is 4.79 Å². The normalized spacial score (nSPS) is 15.8. The summed E-state index contributed by atoms with van der Waals surface area (Å²) in [6, 6.07) is 0.0137. The molecule has 0 unspecified atom stereocenters. The van der Waals surface area contributed by atoms with Crippen molar-refractivity contribution in [2.75, 3.05) is 19.7 Å². The Hall–Kier alpha value is -1.83. The van der Waals surface area contributed by atoms with Gasteiger partial charge in [0.15, 0.2) is 0 Å². The number of aromatic amines is 1. The largest absolute Gasteiger partial charge is 0.450 e. The van der Waals surface area contributed by atoms with E-state index in [4.69, 9.17) is 4.74 Å². The average Bonchev–Trinajstić information content (AvgIpc) is 2.79. The van der Waals surface area contributed by atoms with Crippen molar-refractivity contribution >= 4 is 23.3 Å². The van der Waals surface area contributed by atoms with E-state index in [1.54, 1.807) is 18.7 Å². The molecule has 0 radical (unpaired) electrons. The molecule has 1 aliphatic heterocycles. The Labute approximate surface area is 126 Å². The van der Waals surface area contributed by atoms with Gasteiger partial charge < -0.3 is 19.9 Å². The molecule has 1 aromatic rings. The van der Waals surface area contributed by atoms with Gasteiger partial charge in [-0.3, -0.25) is 9.59 Å². The van der Waals surface area contributed by atoms with Gasteiger partial charge in [0.25, 0.3) is 5.91 Å². The molecular formula is C13H19N3O4S. The molecule has 1 saturated heterocycles. The Morgan fingerprint density at radius 2 is 2.10 bits per heavy atom. The molecule has 0 aromatic carbocycles. The Kier molecular flexibility index (Phi) is 5.00. The molecule has 0 aliphatic carbocycles. The Morgan fingerprint density at radius 3 is 2.62 bits per heavy atom. The van der Waals surface area contributed by atoms with Crippen LogP contribution in [0.2, 0.25) is 0 Å². The van der Waals surface area contributed by atoms with Gasteiger partial charge in [0.2, 0.25) is 0 Å². The smallest absolute Gasteiger partial charge is 0.409 e. The molecule has 2 N–H and O–H groups in total. The molecule has 0 saturated carbocycles. The number of likely N-dealkylation sites (tertiary alicyclic amines) is 1. The van der Waals surface area contributed by atoms with E-state index in [1.165, 1.54) is 0 Å². The van der Waals surface area contributed by atoms with Crippen LogP contribution in [-0.4, -0.2) is 47.6 Å². The number of ether oxygens (including phenoxy) is 1. The molecule has 7 nitrogen and oxygen atoms in total. The van der Waals surface area contributed by atoms with Crippen LogP contribution in [0.3, 0.4) is 0 Å². The Bertz CT molecular complexity index is 572. The number of nitrogens with zero attached hydrogens (tertiary/aromatic N) is 1. The van der Waals surface area contributed by atoms with E-state index in [9.17, 15) is 14.4 Å². The Morgan fingerprint density at radius 1 is 1.43 bits per heavy atom. The van der Waals surface area contributed by atoms with Gasteiger partial charge in [0, 0.05) is 24.8 Å². The molecule has 2 amide bonds. The third-order valence-corrected chi connectivity index (χ3v) is 4.37. The third kappa shape index (κ3) is 3.84. The minimum atomic E-state index is -0.304. The highest BCUT2D eigenvalue weighted by Gasteiger charge is 2.25. The first kappa shape index (κ1) is 15.6. The van der Waals surface area contributed by atoms with Gasteiger partial charge in [0.1, 0.15) is 4.88 Å².